The van der Waals surface area contributed by atoms with Crippen molar-refractivity contribution >= 4 is 11.9 Å². The smallest absolute Gasteiger partial charge is 0.322 e. The number of hydrogen-bond donors (Lipinski definition) is 1. The Morgan fingerprint density at radius 3 is 2.32 bits per heavy atom. The van der Waals surface area contributed by atoms with Crippen LogP contribution in [0.5, 0.6) is 0 Å². The predicted molar refractivity (Wildman–Crippen MR) is 133 cm³/mol. The molecule has 0 radical (unpaired) electrons. The number of aryl methyl sites for hydroxylation is 3. The highest BCUT2D eigenvalue weighted by atomic mass is 16.2. The van der Waals surface area contributed by atoms with E-state index in [1.165, 1.54) is 16.7 Å². The highest BCUT2D eigenvalue weighted by molar-refractivity contribution is 6.01. The van der Waals surface area contributed by atoms with E-state index < -0.39 is 6.04 Å². The van der Waals surface area contributed by atoms with E-state index >= 15 is 0 Å². The van der Waals surface area contributed by atoms with Crippen molar-refractivity contribution in [2.24, 2.45) is 0 Å². The third kappa shape index (κ3) is 4.00. The van der Waals surface area contributed by atoms with Gasteiger partial charge < -0.3 is 10.2 Å². The standard InChI is InChI=1S/C28H34N4O2/c1-18-14-20(3)23(15-19(18)2)26-25-24(30(4)28(34)29-26)17-32(27(25)33)22-10-12-31(13-11-22)16-21-8-6-5-7-9-21/h5-9,14-15,22,26H,10-13,16-17H2,1-4H3,(H,29,34). The van der Waals surface area contributed by atoms with Gasteiger partial charge in [-0.15, -0.1) is 0 Å². The quantitative estimate of drug-likeness (QED) is 0.752. The molecule has 3 heterocycles. The van der Waals surface area contributed by atoms with Crippen molar-refractivity contribution in [2.75, 3.05) is 26.7 Å². The molecule has 3 amide bonds. The van der Waals surface area contributed by atoms with Crippen LogP contribution < -0.4 is 5.32 Å². The number of hydrogen-bond acceptors (Lipinski definition) is 3. The van der Waals surface area contributed by atoms with Crippen LogP contribution in [0.2, 0.25) is 0 Å². The van der Waals surface area contributed by atoms with Gasteiger partial charge in [0.25, 0.3) is 5.91 Å². The molecule has 0 saturated carbocycles. The maximum Gasteiger partial charge on any atom is 0.322 e. The van der Waals surface area contributed by atoms with E-state index in [4.69, 9.17) is 0 Å². The summed E-state index contributed by atoms with van der Waals surface area (Å²) in [6, 6.07) is 14.5. The van der Waals surface area contributed by atoms with Gasteiger partial charge in [0.2, 0.25) is 0 Å². The van der Waals surface area contributed by atoms with Crippen LogP contribution in [-0.4, -0.2) is 59.4 Å². The zero-order valence-electron chi connectivity index (χ0n) is 20.6. The Balaban J connectivity index is 1.35. The van der Waals surface area contributed by atoms with Crippen LogP contribution in [0.3, 0.4) is 0 Å². The molecule has 2 aromatic rings. The molecule has 1 N–H and O–H groups in total. The molecule has 3 aliphatic rings. The van der Waals surface area contributed by atoms with E-state index in [1.54, 1.807) is 11.9 Å². The van der Waals surface area contributed by atoms with Gasteiger partial charge in [-0.25, -0.2) is 4.79 Å². The molecule has 2 aromatic carbocycles. The molecule has 34 heavy (non-hydrogen) atoms. The van der Waals surface area contributed by atoms with Gasteiger partial charge in [-0.05, 0) is 61.4 Å². The van der Waals surface area contributed by atoms with Crippen LogP contribution >= 0.6 is 0 Å². The number of likely N-dealkylation sites (N-methyl/N-ethyl adjacent to an activating group) is 1. The summed E-state index contributed by atoms with van der Waals surface area (Å²) in [7, 11) is 1.77. The van der Waals surface area contributed by atoms with E-state index in [9.17, 15) is 9.59 Å². The lowest BCUT2D eigenvalue weighted by atomic mass is 9.90. The van der Waals surface area contributed by atoms with Crippen molar-refractivity contribution in [3.8, 4) is 0 Å². The second-order valence-corrected chi connectivity index (χ2v) is 10.0. The Labute approximate surface area is 202 Å². The number of urea groups is 1. The summed E-state index contributed by atoms with van der Waals surface area (Å²) < 4.78 is 0. The average Bonchev–Trinajstić information content (AvgIpc) is 3.17. The molecule has 1 unspecified atom stereocenters. The van der Waals surface area contributed by atoms with E-state index in [-0.39, 0.29) is 18.0 Å². The molecular formula is C28H34N4O2. The highest BCUT2D eigenvalue weighted by Gasteiger charge is 2.45. The SMILES string of the molecule is Cc1cc(C)c(C2NC(=O)N(C)C3=C2C(=O)N(C2CCN(Cc4ccccc4)CC2)C3)cc1C. The summed E-state index contributed by atoms with van der Waals surface area (Å²) in [6.07, 6.45) is 1.91. The van der Waals surface area contributed by atoms with E-state index in [2.05, 4.69) is 67.4 Å². The Hall–Kier alpha value is -3.12. The first kappa shape index (κ1) is 22.7. The Morgan fingerprint density at radius 2 is 1.62 bits per heavy atom. The van der Waals surface area contributed by atoms with Crippen LogP contribution in [0, 0.1) is 20.8 Å². The number of likely N-dealkylation sites (tertiary alicyclic amines) is 1. The van der Waals surface area contributed by atoms with Crippen LogP contribution in [0.25, 0.3) is 0 Å². The topological polar surface area (TPSA) is 55.9 Å². The first-order valence-corrected chi connectivity index (χ1v) is 12.3. The number of amides is 3. The minimum atomic E-state index is -0.395. The number of nitrogens with zero attached hydrogens (tertiary/aromatic N) is 3. The largest absolute Gasteiger partial charge is 0.330 e. The molecule has 0 aromatic heterocycles. The number of piperidine rings is 1. The molecule has 5 rings (SSSR count). The Kier molecular flexibility index (Phi) is 5.94. The lowest BCUT2D eigenvalue weighted by Crippen LogP contribution is -2.46. The molecular weight excluding hydrogens is 424 g/mol. The minimum Gasteiger partial charge on any atom is -0.330 e. The van der Waals surface area contributed by atoms with Crippen molar-refractivity contribution in [3.05, 3.63) is 81.6 Å². The van der Waals surface area contributed by atoms with Gasteiger partial charge in [-0.3, -0.25) is 14.6 Å². The molecule has 178 valence electrons. The molecule has 1 atom stereocenters. The van der Waals surface area contributed by atoms with Gasteiger partial charge in [0.15, 0.2) is 0 Å². The van der Waals surface area contributed by atoms with Gasteiger partial charge in [0.05, 0.1) is 23.9 Å². The van der Waals surface area contributed by atoms with Crippen molar-refractivity contribution in [3.63, 3.8) is 0 Å². The first-order chi connectivity index (χ1) is 16.3. The first-order valence-electron chi connectivity index (χ1n) is 12.3. The number of rotatable bonds is 4. The third-order valence-corrected chi connectivity index (χ3v) is 7.83. The second-order valence-electron chi connectivity index (χ2n) is 10.0. The summed E-state index contributed by atoms with van der Waals surface area (Å²) in [6.45, 7) is 9.65. The normalized spacial score (nSPS) is 21.8. The van der Waals surface area contributed by atoms with Crippen LogP contribution in [-0.2, 0) is 11.3 Å². The fourth-order valence-corrected chi connectivity index (χ4v) is 5.64. The molecule has 1 saturated heterocycles. The van der Waals surface area contributed by atoms with Crippen molar-refractivity contribution in [2.45, 2.75) is 52.2 Å². The summed E-state index contributed by atoms with van der Waals surface area (Å²) in [5.41, 5.74) is 7.42. The fraction of sp³-hybridized carbons (Fsp3) is 0.429. The van der Waals surface area contributed by atoms with Gasteiger partial charge in [-0.1, -0.05) is 42.5 Å². The average molecular weight is 459 g/mol. The van der Waals surface area contributed by atoms with Crippen molar-refractivity contribution in [1.82, 2.24) is 20.0 Å². The summed E-state index contributed by atoms with van der Waals surface area (Å²) in [5, 5.41) is 3.10. The van der Waals surface area contributed by atoms with Gasteiger partial charge in [-0.2, -0.15) is 0 Å². The third-order valence-electron chi connectivity index (χ3n) is 7.83. The fourth-order valence-electron chi connectivity index (χ4n) is 5.64. The molecule has 0 aliphatic carbocycles. The van der Waals surface area contributed by atoms with Gasteiger partial charge >= 0.3 is 6.03 Å². The minimum absolute atomic E-state index is 0.0750. The molecule has 0 bridgehead atoms. The van der Waals surface area contributed by atoms with Gasteiger partial charge in [0, 0.05) is 32.7 Å². The van der Waals surface area contributed by atoms with E-state index in [1.807, 2.05) is 11.0 Å². The summed E-state index contributed by atoms with van der Waals surface area (Å²) >= 11 is 0. The van der Waals surface area contributed by atoms with Gasteiger partial charge in [0.1, 0.15) is 0 Å². The second kappa shape index (κ2) is 8.91. The van der Waals surface area contributed by atoms with Crippen molar-refractivity contribution < 1.29 is 9.59 Å². The molecule has 0 spiro atoms. The predicted octanol–water partition coefficient (Wildman–Crippen LogP) is 4.07. The summed E-state index contributed by atoms with van der Waals surface area (Å²) in [5.74, 6) is 0.0750. The Bertz CT molecular complexity index is 1150. The van der Waals surface area contributed by atoms with Crippen LogP contribution in [0.1, 0.15) is 46.7 Å². The van der Waals surface area contributed by atoms with Crippen molar-refractivity contribution in [1.29, 1.82) is 0 Å². The van der Waals surface area contributed by atoms with E-state index in [0.717, 1.165) is 54.9 Å². The molecule has 1 fully saturated rings. The lowest BCUT2D eigenvalue weighted by Gasteiger charge is -2.37. The number of carbonyl (C=O) groups excluding carboxylic acids is 2. The zero-order valence-corrected chi connectivity index (χ0v) is 20.6. The maximum absolute atomic E-state index is 13.8. The lowest BCUT2D eigenvalue weighted by molar-refractivity contribution is -0.128. The summed E-state index contributed by atoms with van der Waals surface area (Å²) in [4.78, 5) is 32.7. The molecule has 6 nitrogen and oxygen atoms in total. The highest BCUT2D eigenvalue weighted by Crippen LogP contribution is 2.39. The molecule has 6 heteroatoms. The van der Waals surface area contributed by atoms with Crippen LogP contribution in [0.15, 0.2) is 53.7 Å². The Morgan fingerprint density at radius 1 is 0.941 bits per heavy atom. The number of nitrogens with one attached hydrogen (secondary N) is 1. The molecule has 3 aliphatic heterocycles. The number of carbonyl (C=O) groups is 2. The van der Waals surface area contributed by atoms with Crippen LogP contribution in [0.4, 0.5) is 4.79 Å². The maximum atomic E-state index is 13.8. The zero-order chi connectivity index (χ0) is 24.0. The monoisotopic (exact) mass is 458 g/mol. The number of benzene rings is 2. The van der Waals surface area contributed by atoms with E-state index in [0.29, 0.717) is 6.54 Å².